The molecule has 0 aliphatic carbocycles. The van der Waals surface area contributed by atoms with Gasteiger partial charge in [0.05, 0.1) is 6.61 Å². The highest BCUT2D eigenvalue weighted by atomic mass is 32.2. The van der Waals surface area contributed by atoms with E-state index in [1.54, 1.807) is 6.92 Å². The summed E-state index contributed by atoms with van der Waals surface area (Å²) in [6, 6.07) is 0. The second-order valence-corrected chi connectivity index (χ2v) is 7.23. The number of carbonyl (C=O) groups is 1. The first kappa shape index (κ1) is 21.6. The average Bonchev–Trinajstić information content (AvgIpc) is 2.94. The van der Waals surface area contributed by atoms with Crippen molar-refractivity contribution in [3.8, 4) is 0 Å². The number of rotatable bonds is 14. The number of esters is 1. The van der Waals surface area contributed by atoms with Gasteiger partial charge < -0.3 is 4.74 Å². The van der Waals surface area contributed by atoms with Crippen molar-refractivity contribution in [2.45, 2.75) is 103 Å². The SMILES string of the molecule is CCCCCCCCCCCCC[C@H]1OS(=O)O[C@H]1C(=O)OCC. The summed E-state index contributed by atoms with van der Waals surface area (Å²) in [5.41, 5.74) is 0. The smallest absolute Gasteiger partial charge is 0.339 e. The molecule has 0 saturated carbocycles. The maximum Gasteiger partial charge on any atom is 0.339 e. The Labute approximate surface area is 149 Å². The molecule has 0 radical (unpaired) electrons. The normalized spacial score (nSPS) is 23.5. The Hall–Kier alpha value is -0.460. The Morgan fingerprint density at radius 3 is 1.96 bits per heavy atom. The van der Waals surface area contributed by atoms with Gasteiger partial charge in [0, 0.05) is 0 Å². The lowest BCUT2D eigenvalue weighted by molar-refractivity contribution is -0.152. The molecule has 1 fully saturated rings. The van der Waals surface area contributed by atoms with Crippen molar-refractivity contribution < 1.29 is 22.1 Å². The maximum atomic E-state index is 11.7. The predicted molar refractivity (Wildman–Crippen MR) is 95.6 cm³/mol. The van der Waals surface area contributed by atoms with Gasteiger partial charge in [-0.15, -0.1) is 0 Å². The Kier molecular flexibility index (Phi) is 12.4. The quantitative estimate of drug-likeness (QED) is 0.333. The van der Waals surface area contributed by atoms with Gasteiger partial charge in [0.15, 0.2) is 0 Å². The molecule has 0 aromatic carbocycles. The minimum atomic E-state index is -1.82. The van der Waals surface area contributed by atoms with Crippen molar-refractivity contribution in [3.63, 3.8) is 0 Å². The first-order valence-electron chi connectivity index (χ1n) is 9.61. The molecular formula is C18H34O5S. The third-order valence-corrected chi connectivity index (χ3v) is 5.10. The van der Waals surface area contributed by atoms with Gasteiger partial charge in [-0.2, -0.15) is 4.21 Å². The van der Waals surface area contributed by atoms with E-state index in [1.807, 2.05) is 0 Å². The molecule has 24 heavy (non-hydrogen) atoms. The molecule has 142 valence electrons. The largest absolute Gasteiger partial charge is 0.464 e. The van der Waals surface area contributed by atoms with E-state index in [1.165, 1.54) is 57.8 Å². The van der Waals surface area contributed by atoms with E-state index < -0.39 is 29.5 Å². The summed E-state index contributed by atoms with van der Waals surface area (Å²) in [6.45, 7) is 4.27. The summed E-state index contributed by atoms with van der Waals surface area (Å²) in [7, 11) is 0. The van der Waals surface area contributed by atoms with Crippen LogP contribution in [-0.4, -0.2) is 29.0 Å². The van der Waals surface area contributed by atoms with Crippen LogP contribution >= 0.6 is 0 Å². The van der Waals surface area contributed by atoms with E-state index in [0.29, 0.717) is 6.42 Å². The van der Waals surface area contributed by atoms with Gasteiger partial charge in [-0.05, 0) is 13.3 Å². The summed E-state index contributed by atoms with van der Waals surface area (Å²) in [5.74, 6) is -0.476. The highest BCUT2D eigenvalue weighted by Crippen LogP contribution is 2.24. The van der Waals surface area contributed by atoms with E-state index in [2.05, 4.69) is 6.92 Å². The molecule has 0 bridgehead atoms. The number of carbonyl (C=O) groups excluding carboxylic acids is 1. The highest BCUT2D eigenvalue weighted by Gasteiger charge is 2.41. The van der Waals surface area contributed by atoms with Crippen molar-refractivity contribution in [3.05, 3.63) is 0 Å². The Morgan fingerprint density at radius 2 is 1.42 bits per heavy atom. The van der Waals surface area contributed by atoms with E-state index in [4.69, 9.17) is 13.1 Å². The molecule has 0 amide bonds. The Bertz CT molecular complexity index is 361. The molecule has 1 rings (SSSR count). The first-order valence-corrected chi connectivity index (χ1v) is 10.6. The van der Waals surface area contributed by atoms with Crippen LogP contribution in [0.3, 0.4) is 0 Å². The lowest BCUT2D eigenvalue weighted by atomic mass is 10.0. The molecular weight excluding hydrogens is 328 g/mol. The Balaban J connectivity index is 2.01. The third-order valence-electron chi connectivity index (χ3n) is 4.33. The summed E-state index contributed by atoms with van der Waals surface area (Å²) >= 11 is -1.82. The summed E-state index contributed by atoms with van der Waals surface area (Å²) in [4.78, 5) is 11.7. The van der Waals surface area contributed by atoms with Gasteiger partial charge >= 0.3 is 17.3 Å². The van der Waals surface area contributed by atoms with Crippen LogP contribution in [0, 0.1) is 0 Å². The third kappa shape index (κ3) is 9.14. The number of hydrogen-bond donors (Lipinski definition) is 0. The van der Waals surface area contributed by atoms with Crippen molar-refractivity contribution in [1.29, 1.82) is 0 Å². The van der Waals surface area contributed by atoms with Crippen LogP contribution in [0.15, 0.2) is 0 Å². The van der Waals surface area contributed by atoms with Crippen LogP contribution in [0.5, 0.6) is 0 Å². The first-order chi connectivity index (χ1) is 11.7. The van der Waals surface area contributed by atoms with Gasteiger partial charge in [-0.3, -0.25) is 8.37 Å². The summed E-state index contributed by atoms with van der Waals surface area (Å²) < 4.78 is 26.5. The van der Waals surface area contributed by atoms with E-state index in [0.717, 1.165) is 12.8 Å². The van der Waals surface area contributed by atoms with Gasteiger partial charge in [-0.1, -0.05) is 77.6 Å². The van der Waals surface area contributed by atoms with Gasteiger partial charge in [-0.25, -0.2) is 4.79 Å². The summed E-state index contributed by atoms with van der Waals surface area (Å²) in [5, 5.41) is 0. The van der Waals surface area contributed by atoms with Crippen LogP contribution in [0.25, 0.3) is 0 Å². The van der Waals surface area contributed by atoms with Gasteiger partial charge in [0.2, 0.25) is 6.10 Å². The standard InChI is InChI=1S/C18H34O5S/c1-3-5-6-7-8-9-10-11-12-13-14-15-16-17(18(19)21-4-2)23-24(20)22-16/h16-17H,3-15H2,1-2H3/t16-,17-,24?/m1/s1. The van der Waals surface area contributed by atoms with E-state index >= 15 is 0 Å². The average molecular weight is 363 g/mol. The molecule has 1 heterocycles. The van der Waals surface area contributed by atoms with Crippen molar-refractivity contribution in [2.24, 2.45) is 0 Å². The number of unbranched alkanes of at least 4 members (excludes halogenated alkanes) is 10. The molecule has 0 aromatic heterocycles. The van der Waals surface area contributed by atoms with Crippen LogP contribution < -0.4 is 0 Å². The van der Waals surface area contributed by atoms with E-state index in [9.17, 15) is 9.00 Å². The van der Waals surface area contributed by atoms with Crippen LogP contribution in [0.1, 0.15) is 90.9 Å². The molecule has 3 atom stereocenters. The monoisotopic (exact) mass is 362 g/mol. The van der Waals surface area contributed by atoms with Gasteiger partial charge in [0.25, 0.3) is 0 Å². The molecule has 6 heteroatoms. The molecule has 1 unspecified atom stereocenters. The van der Waals surface area contributed by atoms with Gasteiger partial charge in [0.1, 0.15) is 6.10 Å². The minimum Gasteiger partial charge on any atom is -0.464 e. The fourth-order valence-corrected chi connectivity index (χ4v) is 3.76. The zero-order valence-corrected chi connectivity index (χ0v) is 16.1. The Morgan fingerprint density at radius 1 is 0.875 bits per heavy atom. The molecule has 1 aliphatic rings. The molecule has 1 saturated heterocycles. The van der Waals surface area contributed by atoms with Crippen molar-refractivity contribution in [1.82, 2.24) is 0 Å². The second kappa shape index (κ2) is 13.8. The topological polar surface area (TPSA) is 61.8 Å². The number of hydrogen-bond acceptors (Lipinski definition) is 5. The second-order valence-electron chi connectivity index (χ2n) is 6.43. The molecule has 0 aromatic rings. The zero-order valence-electron chi connectivity index (χ0n) is 15.3. The predicted octanol–water partition coefficient (Wildman–Crippen LogP) is 4.61. The van der Waals surface area contributed by atoms with Crippen LogP contribution in [0.2, 0.25) is 0 Å². The minimum absolute atomic E-state index is 0.288. The van der Waals surface area contributed by atoms with Crippen molar-refractivity contribution in [2.75, 3.05) is 6.61 Å². The lowest BCUT2D eigenvalue weighted by Crippen LogP contribution is -2.33. The fourth-order valence-electron chi connectivity index (χ4n) is 2.95. The lowest BCUT2D eigenvalue weighted by Gasteiger charge is -2.13. The van der Waals surface area contributed by atoms with Crippen molar-refractivity contribution >= 4 is 17.3 Å². The van der Waals surface area contributed by atoms with Crippen LogP contribution in [0.4, 0.5) is 0 Å². The number of ether oxygens (including phenoxy) is 1. The van der Waals surface area contributed by atoms with E-state index in [-0.39, 0.29) is 6.61 Å². The van der Waals surface area contributed by atoms with Crippen LogP contribution in [-0.2, 0) is 29.3 Å². The zero-order chi connectivity index (χ0) is 17.6. The molecule has 5 nitrogen and oxygen atoms in total. The maximum absolute atomic E-state index is 11.7. The molecule has 0 spiro atoms. The fraction of sp³-hybridized carbons (Fsp3) is 0.944. The summed E-state index contributed by atoms with van der Waals surface area (Å²) in [6.07, 6.45) is 13.4. The molecule has 0 N–H and O–H groups in total. The molecule has 1 aliphatic heterocycles. The highest BCUT2D eigenvalue weighted by molar-refractivity contribution is 7.75.